The van der Waals surface area contributed by atoms with Crippen molar-refractivity contribution in [2.45, 2.75) is 52.6 Å². The molecule has 2 heterocycles. The second kappa shape index (κ2) is 8.85. The summed E-state index contributed by atoms with van der Waals surface area (Å²) in [5.41, 5.74) is 0. The van der Waals surface area contributed by atoms with Gasteiger partial charge in [-0.3, -0.25) is 0 Å². The zero-order chi connectivity index (χ0) is 17.4. The first-order chi connectivity index (χ1) is 11.7. The van der Waals surface area contributed by atoms with Gasteiger partial charge in [0.1, 0.15) is 0 Å². The average molecular weight is 334 g/mol. The normalized spacial score (nSPS) is 10.6. The van der Waals surface area contributed by atoms with Gasteiger partial charge in [-0.2, -0.15) is 0 Å². The molecule has 0 fully saturated rings. The summed E-state index contributed by atoms with van der Waals surface area (Å²) >= 11 is 0. The van der Waals surface area contributed by atoms with E-state index in [9.17, 15) is 9.59 Å². The summed E-state index contributed by atoms with van der Waals surface area (Å²) in [6.45, 7) is 5.44. The van der Waals surface area contributed by atoms with Gasteiger partial charge in [0, 0.05) is 37.9 Å². The minimum absolute atomic E-state index is 0.0831. The van der Waals surface area contributed by atoms with E-state index in [4.69, 9.17) is 9.47 Å². The number of carbonyl (C=O) groups excluding carboxylic acids is 2. The molecule has 0 N–H and O–H groups in total. The van der Waals surface area contributed by atoms with Crippen LogP contribution < -0.4 is 9.47 Å². The Kier molecular flexibility index (Phi) is 6.53. The van der Waals surface area contributed by atoms with Crippen LogP contribution in [-0.4, -0.2) is 31.0 Å². The van der Waals surface area contributed by atoms with E-state index in [1.165, 1.54) is 12.4 Å². The van der Waals surface area contributed by atoms with Crippen molar-refractivity contribution in [1.82, 2.24) is 19.1 Å². The van der Waals surface area contributed by atoms with Gasteiger partial charge in [0.15, 0.2) is 0 Å². The summed E-state index contributed by atoms with van der Waals surface area (Å²) in [5, 5.41) is 0. The predicted molar refractivity (Wildman–Crippen MR) is 85.5 cm³/mol. The van der Waals surface area contributed by atoms with Gasteiger partial charge in [-0.15, -0.1) is 0 Å². The number of imidazole rings is 2. The quantitative estimate of drug-likeness (QED) is 0.543. The third-order valence-corrected chi connectivity index (χ3v) is 3.39. The van der Waals surface area contributed by atoms with Crippen LogP contribution in [0.4, 0.5) is 0 Å². The topological polar surface area (TPSA) is 88.2 Å². The molecular formula is C16H22N4O4. The lowest BCUT2D eigenvalue weighted by atomic mass is 10.3. The molecule has 0 saturated heterocycles. The Morgan fingerprint density at radius 3 is 1.67 bits per heavy atom. The summed E-state index contributed by atoms with van der Waals surface area (Å²) in [7, 11) is 0. The van der Waals surface area contributed by atoms with E-state index in [1.807, 2.05) is 0 Å². The van der Waals surface area contributed by atoms with Crippen LogP contribution >= 0.6 is 0 Å². The number of carbonyl (C=O) groups is 2. The Labute approximate surface area is 140 Å². The van der Waals surface area contributed by atoms with Crippen LogP contribution in [0, 0.1) is 0 Å². The third kappa shape index (κ3) is 4.68. The van der Waals surface area contributed by atoms with Gasteiger partial charge in [-0.1, -0.05) is 26.7 Å². The lowest BCUT2D eigenvalue weighted by molar-refractivity contribution is -0.157. The molecule has 8 heteroatoms. The van der Waals surface area contributed by atoms with Crippen LogP contribution in [0.2, 0.25) is 0 Å². The molecule has 0 aromatic carbocycles. The van der Waals surface area contributed by atoms with Crippen LogP contribution in [0.1, 0.15) is 39.5 Å². The van der Waals surface area contributed by atoms with Crippen LogP contribution in [0.3, 0.4) is 0 Å². The van der Waals surface area contributed by atoms with Gasteiger partial charge in [0.25, 0.3) is 0 Å². The predicted octanol–water partition coefficient (Wildman–Crippen LogP) is 2.19. The number of hydrogen-bond acceptors (Lipinski definition) is 6. The number of ether oxygens (including phenoxy) is 2. The van der Waals surface area contributed by atoms with Crippen molar-refractivity contribution in [3.05, 3.63) is 24.8 Å². The Morgan fingerprint density at radius 1 is 0.875 bits per heavy atom. The van der Waals surface area contributed by atoms with Crippen LogP contribution in [0.15, 0.2) is 24.8 Å². The highest BCUT2D eigenvalue weighted by Gasteiger charge is 2.23. The fraction of sp³-hybridized carbons (Fsp3) is 0.500. The molecule has 0 spiro atoms. The van der Waals surface area contributed by atoms with Gasteiger partial charge in [0.05, 0.1) is 0 Å². The molecule has 0 amide bonds. The van der Waals surface area contributed by atoms with E-state index in [-0.39, 0.29) is 12.0 Å². The molecule has 2 rings (SSSR count). The number of unbranched alkanes of at least 4 members (excludes halogenated alkanes) is 2. The van der Waals surface area contributed by atoms with Gasteiger partial charge in [-0.05, 0) is 12.8 Å². The minimum atomic E-state index is -1.12. The molecule has 0 radical (unpaired) electrons. The lowest BCUT2D eigenvalue weighted by Crippen LogP contribution is -2.27. The summed E-state index contributed by atoms with van der Waals surface area (Å²) in [4.78, 5) is 31.7. The molecule has 2 aromatic rings. The summed E-state index contributed by atoms with van der Waals surface area (Å²) in [6.07, 6.45) is 10.2. The molecule has 0 bridgehead atoms. The first-order valence-electron chi connectivity index (χ1n) is 8.12. The molecule has 0 aliphatic carbocycles. The molecule has 0 aliphatic heterocycles. The van der Waals surface area contributed by atoms with Crippen molar-refractivity contribution in [2.75, 3.05) is 0 Å². The van der Waals surface area contributed by atoms with Crippen molar-refractivity contribution >= 4 is 11.9 Å². The van der Waals surface area contributed by atoms with Gasteiger partial charge in [0.2, 0.25) is 0 Å². The third-order valence-electron chi connectivity index (χ3n) is 3.39. The number of nitrogens with zero attached hydrogens (tertiary/aromatic N) is 4. The van der Waals surface area contributed by atoms with E-state index in [0.29, 0.717) is 13.1 Å². The van der Waals surface area contributed by atoms with Crippen molar-refractivity contribution in [3.63, 3.8) is 0 Å². The highest BCUT2D eigenvalue weighted by Crippen LogP contribution is 2.12. The number of aryl methyl sites for hydroxylation is 2. The largest absolute Gasteiger partial charge is 0.425 e. The van der Waals surface area contributed by atoms with E-state index in [1.54, 1.807) is 21.5 Å². The summed E-state index contributed by atoms with van der Waals surface area (Å²) in [6, 6.07) is 0.166. The number of aromatic nitrogens is 4. The van der Waals surface area contributed by atoms with Gasteiger partial charge in [-0.25, -0.2) is 19.6 Å². The molecule has 0 saturated carbocycles. The molecule has 130 valence electrons. The maximum atomic E-state index is 11.9. The first-order valence-corrected chi connectivity index (χ1v) is 8.12. The summed E-state index contributed by atoms with van der Waals surface area (Å²) in [5.74, 6) is -2.24. The Morgan fingerprint density at radius 2 is 1.29 bits per heavy atom. The molecule has 0 atom stereocenters. The Hall–Kier alpha value is -2.64. The molecule has 0 aliphatic rings. The van der Waals surface area contributed by atoms with Gasteiger partial charge < -0.3 is 18.6 Å². The van der Waals surface area contributed by atoms with Gasteiger partial charge >= 0.3 is 24.0 Å². The van der Waals surface area contributed by atoms with Crippen LogP contribution in [0.5, 0.6) is 12.0 Å². The monoisotopic (exact) mass is 334 g/mol. The highest BCUT2D eigenvalue weighted by molar-refractivity contribution is 6.30. The van der Waals surface area contributed by atoms with Crippen molar-refractivity contribution in [3.8, 4) is 12.0 Å². The van der Waals surface area contributed by atoms with Crippen LogP contribution in [0.25, 0.3) is 0 Å². The number of esters is 2. The zero-order valence-corrected chi connectivity index (χ0v) is 14.0. The van der Waals surface area contributed by atoms with Crippen molar-refractivity contribution < 1.29 is 19.1 Å². The maximum absolute atomic E-state index is 11.9. The van der Waals surface area contributed by atoms with E-state index in [2.05, 4.69) is 23.8 Å². The smallest absolute Gasteiger partial charge is 0.383 e. The highest BCUT2D eigenvalue weighted by atomic mass is 16.6. The molecular weight excluding hydrogens is 312 g/mol. The lowest BCUT2D eigenvalue weighted by Gasteiger charge is -2.08. The number of hydrogen-bond donors (Lipinski definition) is 0. The van der Waals surface area contributed by atoms with Crippen molar-refractivity contribution in [1.29, 1.82) is 0 Å². The second-order valence-electron chi connectivity index (χ2n) is 5.29. The first kappa shape index (κ1) is 17.7. The van der Waals surface area contributed by atoms with Crippen molar-refractivity contribution in [2.24, 2.45) is 0 Å². The fourth-order valence-corrected chi connectivity index (χ4v) is 2.05. The molecule has 0 unspecified atom stereocenters. The number of rotatable bonds is 8. The Balaban J connectivity index is 1.94. The van der Waals surface area contributed by atoms with E-state index in [0.717, 1.165) is 25.7 Å². The van der Waals surface area contributed by atoms with E-state index < -0.39 is 11.9 Å². The molecule has 2 aromatic heterocycles. The molecule has 8 nitrogen and oxygen atoms in total. The fourth-order valence-electron chi connectivity index (χ4n) is 2.05. The average Bonchev–Trinajstić information content (AvgIpc) is 3.20. The summed E-state index contributed by atoms with van der Waals surface area (Å²) < 4.78 is 13.4. The SMILES string of the molecule is CCCCn1ccnc1OC(=O)C(=O)Oc1nccn1CCCC. The Bertz CT molecular complexity index is 619. The zero-order valence-electron chi connectivity index (χ0n) is 14.0. The molecule has 24 heavy (non-hydrogen) atoms. The van der Waals surface area contributed by atoms with E-state index >= 15 is 0 Å². The standard InChI is InChI=1S/C16H22N4O4/c1-3-5-9-19-11-7-17-15(19)23-13(21)14(22)24-16-18-8-12-20(16)10-6-4-2/h7-8,11-12H,3-6,9-10H2,1-2H3. The second-order valence-corrected chi connectivity index (χ2v) is 5.29. The van der Waals surface area contributed by atoms with Crippen LogP contribution in [-0.2, 0) is 22.7 Å². The minimum Gasteiger partial charge on any atom is -0.383 e. The maximum Gasteiger partial charge on any atom is 0.425 e.